The molecule has 0 aliphatic rings. The predicted octanol–water partition coefficient (Wildman–Crippen LogP) is 3.69. The second-order valence-corrected chi connectivity index (χ2v) is 5.87. The third-order valence-electron chi connectivity index (χ3n) is 3.69. The fraction of sp³-hybridized carbons (Fsp3) is 0.263. The molecule has 26 heavy (non-hydrogen) atoms. The van der Waals surface area contributed by atoms with Gasteiger partial charge in [0, 0.05) is 6.07 Å². The van der Waals surface area contributed by atoms with E-state index in [0.717, 1.165) is 29.9 Å². The molecule has 5 nitrogen and oxygen atoms in total. The average molecular weight is 363 g/mol. The van der Waals surface area contributed by atoms with Gasteiger partial charge in [0.2, 0.25) is 0 Å². The van der Waals surface area contributed by atoms with Crippen LogP contribution >= 0.6 is 0 Å². The van der Waals surface area contributed by atoms with Crippen molar-refractivity contribution in [2.24, 2.45) is 0 Å². The number of carbonyl (C=O) groups is 2. The van der Waals surface area contributed by atoms with Crippen LogP contribution in [0.4, 0.5) is 14.5 Å². The smallest absolute Gasteiger partial charge is 0.340 e. The van der Waals surface area contributed by atoms with Crippen LogP contribution in [0.1, 0.15) is 27.0 Å². The lowest BCUT2D eigenvalue weighted by molar-refractivity contribution is -0.118. The molecule has 0 aliphatic heterocycles. The molecular formula is C19H19F2NO4. The Morgan fingerprint density at radius 1 is 1.00 bits per heavy atom. The van der Waals surface area contributed by atoms with Gasteiger partial charge in [-0.1, -0.05) is 17.7 Å². The highest BCUT2D eigenvalue weighted by Gasteiger charge is 2.18. The molecule has 0 heterocycles. The summed E-state index contributed by atoms with van der Waals surface area (Å²) in [6, 6.07) is 5.23. The summed E-state index contributed by atoms with van der Waals surface area (Å²) in [6.07, 6.45) is 0. The minimum atomic E-state index is -1.07. The highest BCUT2D eigenvalue weighted by Crippen LogP contribution is 2.25. The number of benzene rings is 2. The molecule has 0 atom stereocenters. The van der Waals surface area contributed by atoms with E-state index in [1.807, 2.05) is 32.9 Å². The van der Waals surface area contributed by atoms with E-state index in [-0.39, 0.29) is 12.3 Å². The summed E-state index contributed by atoms with van der Waals surface area (Å²) in [5.41, 5.74) is 2.00. The van der Waals surface area contributed by atoms with Crippen LogP contribution < -0.4 is 10.1 Å². The van der Waals surface area contributed by atoms with Gasteiger partial charge in [0.15, 0.2) is 6.61 Å². The Morgan fingerprint density at radius 2 is 1.62 bits per heavy atom. The predicted molar refractivity (Wildman–Crippen MR) is 92.5 cm³/mol. The molecule has 1 N–H and O–H groups in total. The first-order chi connectivity index (χ1) is 12.2. The van der Waals surface area contributed by atoms with Crippen molar-refractivity contribution in [3.8, 4) is 5.75 Å². The lowest BCUT2D eigenvalue weighted by Gasteiger charge is -2.13. The van der Waals surface area contributed by atoms with Gasteiger partial charge in [0.05, 0.1) is 18.4 Å². The second kappa shape index (κ2) is 7.95. The molecule has 0 fully saturated rings. The third-order valence-corrected chi connectivity index (χ3v) is 3.69. The number of amides is 1. The van der Waals surface area contributed by atoms with Gasteiger partial charge >= 0.3 is 5.97 Å². The Bertz CT molecular complexity index is 842. The number of hydrogen-bond donors (Lipinski definition) is 1. The first kappa shape index (κ1) is 19.4. The van der Waals surface area contributed by atoms with E-state index >= 15 is 0 Å². The lowest BCUT2D eigenvalue weighted by Crippen LogP contribution is -2.22. The molecule has 138 valence electrons. The van der Waals surface area contributed by atoms with Crippen molar-refractivity contribution in [2.75, 3.05) is 19.0 Å². The monoisotopic (exact) mass is 363 g/mol. The Kier molecular flexibility index (Phi) is 5.92. The number of aryl methyl sites for hydroxylation is 3. The Labute approximate surface area is 149 Å². The number of anilines is 1. The average Bonchev–Trinajstić information content (AvgIpc) is 2.55. The molecule has 0 aromatic heterocycles. The first-order valence-electron chi connectivity index (χ1n) is 7.80. The molecule has 0 unspecified atom stereocenters. The highest BCUT2D eigenvalue weighted by molar-refractivity contribution is 5.95. The van der Waals surface area contributed by atoms with E-state index < -0.39 is 29.1 Å². The lowest BCUT2D eigenvalue weighted by atomic mass is 10.1. The summed E-state index contributed by atoms with van der Waals surface area (Å²) in [4.78, 5) is 23.5. The van der Waals surface area contributed by atoms with Crippen LogP contribution in [0.5, 0.6) is 5.75 Å². The number of esters is 1. The van der Waals surface area contributed by atoms with Gasteiger partial charge in [0.25, 0.3) is 5.91 Å². The van der Waals surface area contributed by atoms with Crippen molar-refractivity contribution in [1.29, 1.82) is 0 Å². The number of carbonyl (C=O) groups excluding carboxylic acids is 2. The molecule has 0 bridgehead atoms. The van der Waals surface area contributed by atoms with Crippen molar-refractivity contribution in [2.45, 2.75) is 20.8 Å². The minimum absolute atomic E-state index is 0.335. The van der Waals surface area contributed by atoms with Gasteiger partial charge in [-0.05, 0) is 38.0 Å². The van der Waals surface area contributed by atoms with Gasteiger partial charge in [-0.2, -0.15) is 0 Å². The van der Waals surface area contributed by atoms with Crippen LogP contribution in [0.3, 0.4) is 0 Å². The van der Waals surface area contributed by atoms with Crippen LogP contribution in [0, 0.1) is 32.4 Å². The normalized spacial score (nSPS) is 10.4. The summed E-state index contributed by atoms with van der Waals surface area (Å²) < 4.78 is 37.4. The molecule has 2 aromatic carbocycles. The summed E-state index contributed by atoms with van der Waals surface area (Å²) in [6.45, 7) is 5.30. The minimum Gasteiger partial charge on any atom is -0.483 e. The first-order valence-corrected chi connectivity index (χ1v) is 7.80. The molecule has 0 spiro atoms. The largest absolute Gasteiger partial charge is 0.483 e. The fourth-order valence-electron chi connectivity index (χ4n) is 2.63. The zero-order valence-corrected chi connectivity index (χ0v) is 14.9. The van der Waals surface area contributed by atoms with E-state index in [1.165, 1.54) is 0 Å². The van der Waals surface area contributed by atoms with Crippen molar-refractivity contribution >= 4 is 17.6 Å². The van der Waals surface area contributed by atoms with Crippen LogP contribution in [0.15, 0.2) is 24.3 Å². The summed E-state index contributed by atoms with van der Waals surface area (Å²) in [5, 5.41) is 2.26. The summed E-state index contributed by atoms with van der Waals surface area (Å²) in [7, 11) is 1.07. The number of ether oxygens (including phenoxy) is 2. The molecular weight excluding hydrogens is 344 g/mol. The molecule has 0 aliphatic carbocycles. The maximum absolute atomic E-state index is 13.8. The fourth-order valence-corrected chi connectivity index (χ4v) is 2.63. The number of nitrogens with one attached hydrogen (secondary N) is 1. The highest BCUT2D eigenvalue weighted by atomic mass is 19.1. The zero-order valence-electron chi connectivity index (χ0n) is 14.9. The Hall–Kier alpha value is -2.96. The Morgan fingerprint density at radius 3 is 2.19 bits per heavy atom. The van der Waals surface area contributed by atoms with Gasteiger partial charge in [-0.15, -0.1) is 0 Å². The van der Waals surface area contributed by atoms with Gasteiger partial charge in [-0.25, -0.2) is 13.6 Å². The van der Waals surface area contributed by atoms with Crippen molar-refractivity contribution in [3.05, 3.63) is 58.2 Å². The molecule has 7 heteroatoms. The summed E-state index contributed by atoms with van der Waals surface area (Å²) >= 11 is 0. The van der Waals surface area contributed by atoms with Crippen LogP contribution in [-0.4, -0.2) is 25.6 Å². The molecule has 0 radical (unpaired) electrons. The molecule has 0 saturated heterocycles. The van der Waals surface area contributed by atoms with Gasteiger partial charge < -0.3 is 14.8 Å². The standard InChI is InChI=1S/C19H19F2NO4/c1-10-5-11(2)18(12(3)6-10)26-9-17(23)22-16-7-13(19(24)25-4)14(20)8-15(16)21/h5-8H,9H2,1-4H3,(H,22,23). The molecule has 1 amide bonds. The van der Waals surface area contributed by atoms with Crippen molar-refractivity contribution in [3.63, 3.8) is 0 Å². The maximum atomic E-state index is 13.8. The van der Waals surface area contributed by atoms with Crippen LogP contribution in [-0.2, 0) is 9.53 Å². The van der Waals surface area contributed by atoms with E-state index in [1.54, 1.807) is 0 Å². The summed E-state index contributed by atoms with van der Waals surface area (Å²) in [5.74, 6) is -3.13. The van der Waals surface area contributed by atoms with E-state index in [9.17, 15) is 18.4 Å². The zero-order chi connectivity index (χ0) is 19.4. The number of hydrogen-bond acceptors (Lipinski definition) is 4. The van der Waals surface area contributed by atoms with Crippen molar-refractivity contribution < 1.29 is 27.8 Å². The van der Waals surface area contributed by atoms with Crippen molar-refractivity contribution in [1.82, 2.24) is 0 Å². The van der Waals surface area contributed by atoms with E-state index in [4.69, 9.17) is 4.74 Å². The molecule has 2 rings (SSSR count). The number of rotatable bonds is 5. The number of methoxy groups -OCH3 is 1. The third kappa shape index (κ3) is 4.36. The maximum Gasteiger partial charge on any atom is 0.340 e. The second-order valence-electron chi connectivity index (χ2n) is 5.87. The topological polar surface area (TPSA) is 64.6 Å². The van der Waals surface area contributed by atoms with Crippen LogP contribution in [0.25, 0.3) is 0 Å². The SMILES string of the molecule is COC(=O)c1cc(NC(=O)COc2c(C)cc(C)cc2C)c(F)cc1F. The quantitative estimate of drug-likeness (QED) is 0.823. The van der Waals surface area contributed by atoms with E-state index in [2.05, 4.69) is 10.1 Å². The van der Waals surface area contributed by atoms with Crippen LogP contribution in [0.2, 0.25) is 0 Å². The van der Waals surface area contributed by atoms with E-state index in [0.29, 0.717) is 11.8 Å². The van der Waals surface area contributed by atoms with Gasteiger partial charge in [-0.3, -0.25) is 4.79 Å². The Balaban J connectivity index is 2.12. The van der Waals surface area contributed by atoms with Gasteiger partial charge in [0.1, 0.15) is 17.4 Å². The number of halogens is 2. The molecule has 0 saturated carbocycles. The molecule has 2 aromatic rings.